The van der Waals surface area contributed by atoms with Gasteiger partial charge in [0.05, 0.1) is 0 Å². The average molecular weight is 245 g/mol. The van der Waals surface area contributed by atoms with E-state index in [2.05, 4.69) is 0 Å². The second-order valence-corrected chi connectivity index (χ2v) is 1.22. The summed E-state index contributed by atoms with van der Waals surface area (Å²) >= 11 is 0. The van der Waals surface area contributed by atoms with E-state index >= 15 is 0 Å². The van der Waals surface area contributed by atoms with Gasteiger partial charge in [0.1, 0.15) is 0 Å². The smallest absolute Gasteiger partial charge is 0.759 e. The minimum Gasteiger partial charge on any atom is -0.759 e. The normalized spacial score (nSPS) is 5.27. The van der Waals surface area contributed by atoms with Crippen molar-refractivity contribution < 1.29 is 55.9 Å². The van der Waals surface area contributed by atoms with E-state index in [0.29, 0.717) is 0 Å². The van der Waals surface area contributed by atoms with Gasteiger partial charge in [0.2, 0.25) is 0 Å². The molecule has 0 saturated carbocycles. The van der Waals surface area contributed by atoms with Crippen molar-refractivity contribution >= 4 is 10.4 Å². The number of quaternary nitrogens is 1. The Kier molecular flexibility index (Phi) is 136. The van der Waals surface area contributed by atoms with E-state index in [1.54, 1.807) is 0 Å². The molecule has 0 aliphatic carbocycles. The summed E-state index contributed by atoms with van der Waals surface area (Å²) in [4.78, 5) is 0. The summed E-state index contributed by atoms with van der Waals surface area (Å²) in [6, 6.07) is 0. The second-order valence-electron chi connectivity index (χ2n) is 0.408. The third-order valence-electron chi connectivity index (χ3n) is 0. The van der Waals surface area contributed by atoms with Crippen LogP contribution in [-0.2, 0) is 26.9 Å². The first-order valence-corrected chi connectivity index (χ1v) is 2.00. The van der Waals surface area contributed by atoms with Crippen molar-refractivity contribution in [3.8, 4) is 0 Å². The third-order valence-corrected chi connectivity index (χ3v) is 0. The van der Waals surface area contributed by atoms with Crippen molar-refractivity contribution in [1.82, 2.24) is 6.15 Å². The zero-order valence-electron chi connectivity index (χ0n) is 5.36. The second kappa shape index (κ2) is 22.5. The van der Waals surface area contributed by atoms with Crippen LogP contribution in [-0.4, -0.2) is 39.4 Å². The molecule has 0 fully saturated rings. The third kappa shape index (κ3) is 25300. The summed E-state index contributed by atoms with van der Waals surface area (Å²) in [7, 11) is -5.17. The Morgan fingerprint density at radius 3 is 0.818 bits per heavy atom. The molecule has 0 unspecified atom stereocenters. The molecule has 0 aromatic rings. The maximum Gasteiger partial charge on any atom is 1.00 e. The van der Waals surface area contributed by atoms with E-state index in [0.717, 1.165) is 0 Å². The van der Waals surface area contributed by atoms with Crippen LogP contribution in [0.3, 0.4) is 0 Å². The van der Waals surface area contributed by atoms with Crippen LogP contribution in [0.1, 0.15) is 0 Å². The minimum atomic E-state index is -5.17. The predicted molar refractivity (Wildman–Crippen MR) is 30.9 cm³/mol. The van der Waals surface area contributed by atoms with E-state index in [1.807, 2.05) is 0 Å². The Hall–Kier alpha value is 0.164. The molecule has 0 aliphatic heterocycles. The monoisotopic (exact) mass is 244 g/mol. The topological polar surface area (TPSA) is 243 Å². The molecule has 0 spiro atoms. The fourth-order valence-corrected chi connectivity index (χ4v) is 0. The SMILES string of the molecule is O.O.O.O.O=S(=O)([O-])[O-].[NH4+].[Ni+]. The molecular weight excluding hydrogens is 233 g/mol. The molecule has 9 nitrogen and oxygen atoms in total. The van der Waals surface area contributed by atoms with E-state index in [-0.39, 0.29) is 44.5 Å². The van der Waals surface area contributed by atoms with Crippen LogP contribution >= 0.6 is 0 Å². The molecule has 11 heavy (non-hydrogen) atoms. The molecule has 0 aromatic carbocycles. The van der Waals surface area contributed by atoms with Crippen LogP contribution < -0.4 is 6.15 Å². The van der Waals surface area contributed by atoms with E-state index in [1.165, 1.54) is 0 Å². The van der Waals surface area contributed by atoms with Crippen LogP contribution in [0, 0.1) is 0 Å². The molecule has 1 radical (unpaired) electrons. The molecular formula is H12NNiO8S. The summed E-state index contributed by atoms with van der Waals surface area (Å²) in [5, 5.41) is 0. The van der Waals surface area contributed by atoms with Crippen molar-refractivity contribution in [2.75, 3.05) is 0 Å². The summed E-state index contributed by atoms with van der Waals surface area (Å²) in [5.74, 6) is 0. The van der Waals surface area contributed by atoms with Crippen LogP contribution in [0.15, 0.2) is 0 Å². The number of hydrogen-bond donors (Lipinski definition) is 1. The van der Waals surface area contributed by atoms with Gasteiger partial charge in [0.25, 0.3) is 0 Å². The Morgan fingerprint density at radius 2 is 0.818 bits per heavy atom. The Morgan fingerprint density at radius 1 is 0.818 bits per heavy atom. The van der Waals surface area contributed by atoms with Gasteiger partial charge in [0, 0.05) is 10.4 Å². The fourth-order valence-electron chi connectivity index (χ4n) is 0. The number of rotatable bonds is 0. The fraction of sp³-hybridized carbons (Fsp3) is 0. The summed E-state index contributed by atoms with van der Waals surface area (Å²) < 4.78 is 34.1. The van der Waals surface area contributed by atoms with Gasteiger partial charge in [-0.05, 0) is 0 Å². The van der Waals surface area contributed by atoms with Gasteiger partial charge in [-0.25, -0.2) is 0 Å². The molecule has 81 valence electrons. The zero-order chi connectivity index (χ0) is 4.50. The first-order valence-electron chi connectivity index (χ1n) is 0.667. The molecule has 0 bridgehead atoms. The summed E-state index contributed by atoms with van der Waals surface area (Å²) in [6.45, 7) is 0. The van der Waals surface area contributed by atoms with Crippen molar-refractivity contribution in [3.05, 3.63) is 0 Å². The maximum absolute atomic E-state index is 8.52. The van der Waals surface area contributed by atoms with Gasteiger partial charge in [-0.2, -0.15) is 0 Å². The molecule has 0 aromatic heterocycles. The zero-order valence-corrected chi connectivity index (χ0v) is 7.16. The summed E-state index contributed by atoms with van der Waals surface area (Å²) in [5.41, 5.74) is 0. The molecule has 11 heteroatoms. The van der Waals surface area contributed by atoms with Crippen molar-refractivity contribution in [1.29, 1.82) is 0 Å². The molecule has 0 atom stereocenters. The minimum absolute atomic E-state index is 0. The average Bonchev–Trinajstić information content (AvgIpc) is 0.722. The van der Waals surface area contributed by atoms with Crippen LogP contribution in [0.5, 0.6) is 0 Å². The molecule has 0 rings (SSSR count). The Balaban J connectivity index is -0.00000000533. The standard InChI is InChI=1S/H3N.Ni.H2O4S.4H2O/c;;1-5(2,3)4;;;;/h1H3;;(H2,1,2,3,4);4*1H2/q;+1;;;;;/p-1. The Bertz CT molecular complexity index is 97.3. The van der Waals surface area contributed by atoms with Gasteiger partial charge in [-0.3, -0.25) is 8.42 Å². The van der Waals surface area contributed by atoms with Gasteiger partial charge >= 0.3 is 16.5 Å². The van der Waals surface area contributed by atoms with E-state index < -0.39 is 10.4 Å². The van der Waals surface area contributed by atoms with Crippen LogP contribution in [0.4, 0.5) is 0 Å². The van der Waals surface area contributed by atoms with E-state index in [4.69, 9.17) is 17.5 Å². The van der Waals surface area contributed by atoms with Crippen molar-refractivity contribution in [3.63, 3.8) is 0 Å². The van der Waals surface area contributed by atoms with Gasteiger partial charge in [0.15, 0.2) is 0 Å². The van der Waals surface area contributed by atoms with Crippen molar-refractivity contribution in [2.45, 2.75) is 0 Å². The molecule has 0 aliphatic rings. The molecule has 0 amide bonds. The van der Waals surface area contributed by atoms with Gasteiger partial charge < -0.3 is 37.2 Å². The van der Waals surface area contributed by atoms with E-state index in [9.17, 15) is 0 Å². The largest absolute Gasteiger partial charge is 1.00 e. The molecule has 0 saturated heterocycles. The summed E-state index contributed by atoms with van der Waals surface area (Å²) in [6.07, 6.45) is 0. The number of hydrogen-bond acceptors (Lipinski definition) is 4. The first kappa shape index (κ1) is 66.5. The van der Waals surface area contributed by atoms with Crippen LogP contribution in [0.25, 0.3) is 0 Å². The molecule has 12 N–H and O–H groups in total. The quantitative estimate of drug-likeness (QED) is 0.252. The predicted octanol–water partition coefficient (Wildman–Crippen LogP) is -4.26. The maximum atomic E-state index is 8.52. The van der Waals surface area contributed by atoms with Gasteiger partial charge in [-0.1, -0.05) is 0 Å². The first-order chi connectivity index (χ1) is 2.00. The van der Waals surface area contributed by atoms with Crippen molar-refractivity contribution in [2.24, 2.45) is 0 Å². The van der Waals surface area contributed by atoms with Crippen LogP contribution in [0.2, 0.25) is 0 Å². The Labute approximate surface area is 73.1 Å². The molecule has 0 heterocycles. The van der Waals surface area contributed by atoms with Gasteiger partial charge in [-0.15, -0.1) is 0 Å².